The molecule has 12 rings (SSSR count). The van der Waals surface area contributed by atoms with Gasteiger partial charge in [-0.1, -0.05) is 154 Å². The van der Waals surface area contributed by atoms with Gasteiger partial charge in [0.05, 0.1) is 94.5 Å². The number of halogens is 1. The number of hydrogen-bond acceptors (Lipinski definition) is 26. The first-order chi connectivity index (χ1) is 59.4. The number of sulfone groups is 1. The number of hydrogen-bond donors (Lipinski definition) is 11. The van der Waals surface area contributed by atoms with E-state index in [0.29, 0.717) is 28.4 Å². The summed E-state index contributed by atoms with van der Waals surface area (Å²) in [5, 5.41) is 36.3. The molecule has 15 N–H and O–H groups in total. The molecule has 45 heteroatoms. The quantitative estimate of drug-likeness (QED) is 0.0123. The predicted molar refractivity (Wildman–Crippen MR) is 495 cm³/mol. The number of nitrogens with two attached hydrogens (primary N) is 4. The van der Waals surface area contributed by atoms with Crippen LogP contribution in [0.2, 0.25) is 0 Å². The summed E-state index contributed by atoms with van der Waals surface area (Å²) in [5.41, 5.74) is 28.8. The highest BCUT2D eigenvalue weighted by Crippen LogP contribution is 2.39. The summed E-state index contributed by atoms with van der Waals surface area (Å²) in [4.78, 5) is 29.9. The van der Waals surface area contributed by atoms with Crippen LogP contribution in [0.3, 0.4) is 0 Å². The molecule has 0 radical (unpaired) electrons. The van der Waals surface area contributed by atoms with Crippen molar-refractivity contribution in [3.8, 4) is 0 Å². The number of benzene rings is 12. The third-order valence-corrected chi connectivity index (χ3v) is 29.1. The van der Waals surface area contributed by atoms with Crippen LogP contribution in [-0.2, 0) is 79.0 Å². The molecule has 12 aromatic rings. The Hall–Kier alpha value is -13.5. The summed E-state index contributed by atoms with van der Waals surface area (Å²) in [5.74, 6) is 0. The number of nitrogens with one attached hydrogen (secondary N) is 6. The highest BCUT2D eigenvalue weighted by atomic mass is 35.7. The molecule has 36 nitrogen and oxygen atoms in total. The molecule has 0 aliphatic heterocycles. The number of aryl methyl sites for hydroxylation is 8. The third-order valence-electron chi connectivity index (χ3n) is 17.2. The third kappa shape index (κ3) is 31.6. The van der Waals surface area contributed by atoms with Gasteiger partial charge in [0.15, 0.2) is 9.84 Å². The Morgan fingerprint density at radius 3 is 0.719 bits per heavy atom. The lowest BCUT2D eigenvalue weighted by atomic mass is 10.2. The summed E-state index contributed by atoms with van der Waals surface area (Å²) < 4.78 is 210. The largest absolute Gasteiger partial charge is 0.399 e. The van der Waals surface area contributed by atoms with E-state index in [1.807, 2.05) is 69.2 Å². The summed E-state index contributed by atoms with van der Waals surface area (Å²) in [7, 11) is -25.6. The fourth-order valence-corrected chi connectivity index (χ4v) is 18.5. The van der Waals surface area contributed by atoms with Crippen LogP contribution in [0.25, 0.3) is 0 Å². The molecule has 0 saturated carbocycles. The summed E-state index contributed by atoms with van der Waals surface area (Å²) in [6.45, 7) is 18.1. The molecular formula is C83H90ClN13O23S8. The molecule has 0 amide bonds. The van der Waals surface area contributed by atoms with Gasteiger partial charge in [0, 0.05) is 28.1 Å². The number of rotatable bonds is 23. The van der Waals surface area contributed by atoms with Crippen LogP contribution >= 0.6 is 10.7 Å². The fraction of sp³-hybridized carbons (Fsp3) is 0.133. The number of nitrogens with zero attached hydrogens (tertiary/aromatic N) is 3. The second-order valence-electron chi connectivity index (χ2n) is 28.1. The lowest BCUT2D eigenvalue weighted by Crippen LogP contribution is -2.17. The predicted octanol–water partition coefficient (Wildman–Crippen LogP) is 15.3. The topological polar surface area (TPSA) is 599 Å². The van der Waals surface area contributed by atoms with Gasteiger partial charge in [-0.15, -0.1) is 10.1 Å². The van der Waals surface area contributed by atoms with Crippen molar-refractivity contribution in [3.05, 3.63) is 342 Å². The van der Waals surface area contributed by atoms with Gasteiger partial charge in [-0.3, -0.25) is 48.6 Å². The number of nitrogen functional groups attached to an aromatic ring is 4. The lowest BCUT2D eigenvalue weighted by molar-refractivity contribution is -0.742. The molecule has 128 heavy (non-hydrogen) atoms. The maximum absolute atomic E-state index is 12.8. The van der Waals surface area contributed by atoms with Crippen molar-refractivity contribution >= 4 is 158 Å². The molecule has 0 unspecified atom stereocenters. The van der Waals surface area contributed by atoms with Crippen molar-refractivity contribution in [2.24, 2.45) is 0 Å². The van der Waals surface area contributed by atoms with Gasteiger partial charge in [0.25, 0.3) is 85.7 Å². The number of sulfonamides is 6. The normalized spacial score (nSPS) is 11.4. The van der Waals surface area contributed by atoms with Gasteiger partial charge in [0.2, 0.25) is 0 Å². The monoisotopic (exact) mass is 1930 g/mol. The van der Waals surface area contributed by atoms with Crippen LogP contribution in [0.5, 0.6) is 0 Å². The van der Waals surface area contributed by atoms with Crippen molar-refractivity contribution in [1.29, 1.82) is 0 Å². The molecule has 0 atom stereocenters. The minimum Gasteiger partial charge on any atom is -0.399 e. The van der Waals surface area contributed by atoms with Crippen LogP contribution in [0.1, 0.15) is 58.4 Å². The van der Waals surface area contributed by atoms with E-state index in [1.165, 1.54) is 127 Å². The second kappa shape index (κ2) is 44.1. The van der Waals surface area contributed by atoms with Gasteiger partial charge in [0.1, 0.15) is 11.4 Å². The minimum absolute atomic E-state index is 0.00591. The summed E-state index contributed by atoms with van der Waals surface area (Å²) >= 11 is 0. The summed E-state index contributed by atoms with van der Waals surface area (Å²) in [6.07, 6.45) is 0. The smallest absolute Gasteiger partial charge is 0.300 e. The van der Waals surface area contributed by atoms with Crippen LogP contribution in [0.4, 0.5) is 68.2 Å². The zero-order valence-corrected chi connectivity index (χ0v) is 77.0. The first-order valence-corrected chi connectivity index (χ1v) is 49.7. The molecule has 0 aliphatic carbocycles. The van der Waals surface area contributed by atoms with Crippen molar-refractivity contribution < 1.29 is 87.5 Å². The van der Waals surface area contributed by atoms with Crippen LogP contribution < -0.4 is 51.3 Å². The SMILES string of the molecule is Cc1ccc(S(=O)(=O)C(C)C)cc1.Cc1ccc(S(=O)(=O)Cl)cc1.Cc1ccc(S(=O)(=O)Nc2cc(NS(=O)(=O)c3ccc(C)cc3)c(N)cc2N)cc1.Cc1ccc(S(=O)(=O)Nc2cc(NS(=O)(=O)c3ccc(C)cc3)c([N+](=O)[O-])cc2[N+](=O)[O-])cc1.Cc1ccc(S(=O)(=O)Nc2cccc(NS(=O)(=O)c3ccc(C)cc3)c2)cc1.Nc1cccc(N)c1.O=[N+]([O-])O. The fourth-order valence-electron chi connectivity index (χ4n) is 10.3. The van der Waals surface area contributed by atoms with Gasteiger partial charge < -0.3 is 28.1 Å². The van der Waals surface area contributed by atoms with Crippen LogP contribution in [0, 0.1) is 85.7 Å². The van der Waals surface area contributed by atoms with E-state index in [-0.39, 0.29) is 73.6 Å². The van der Waals surface area contributed by atoms with Crippen molar-refractivity contribution in [3.63, 3.8) is 0 Å². The molecule has 0 fully saturated rings. The van der Waals surface area contributed by atoms with Crippen molar-refractivity contribution in [2.75, 3.05) is 51.3 Å². The Morgan fingerprint density at radius 2 is 0.500 bits per heavy atom. The molecule has 0 aliphatic rings. The van der Waals surface area contributed by atoms with Crippen LogP contribution in [0.15, 0.2) is 306 Å². The highest BCUT2D eigenvalue weighted by Gasteiger charge is 2.31. The standard InChI is InChI=1S/C20H18N4O8S2.C20H22N4O4S2.C20H20N2O4S2.C10H14O2S.C7H7ClO2S.C6H8N2.HNO3/c1-13-3-7-15(8-4-13)33(29,30)21-17-11-18(20(24(27)28)12-19(17)23(25)26)22-34(31,32)16-9-5-14(2)6-10-16;1-13-3-7-15(8-4-13)29(25,26)23-19-12-20(18(22)11-17(19)21)24-30(27,28)16-9-5-14(2)6-10-16;1-15-6-10-19(11-7-15)27(23,24)21-17-4-3-5-18(14-17)22-28(25,26)20-12-8-16(2)9-13-20;1-8(2)13(11,12)10-6-4-9(3)5-7-10;1-6-2-4-7(5-3-6)11(8,9)10;7-5-2-1-3-6(8)4-5;2-1(3)4/h3-12,21-22H,1-2H3;3-12,23-24H,21-22H2,1-2H3;3-14,21-22H,1-2H3;4-8H,1-3H3;2-5H,1H3;1-4H,7-8H2;(H,2,3,4). The van der Waals surface area contributed by atoms with Crippen LogP contribution in [-0.4, -0.2) is 92.7 Å². The molecular weight excluding hydrogens is 1840 g/mol. The van der Waals surface area contributed by atoms with E-state index < -0.39 is 117 Å². The van der Waals surface area contributed by atoms with Crippen molar-refractivity contribution in [1.82, 2.24) is 0 Å². The maximum atomic E-state index is 12.8. The molecule has 0 aromatic heterocycles. The Kier molecular flexibility index (Phi) is 35.6. The molecule has 12 aromatic carbocycles. The average molecular weight is 1930 g/mol. The van der Waals surface area contributed by atoms with Crippen molar-refractivity contribution in [2.45, 2.75) is 114 Å². The van der Waals surface area contributed by atoms with E-state index in [2.05, 4.69) is 18.9 Å². The molecule has 680 valence electrons. The Morgan fingerprint density at radius 1 is 0.289 bits per heavy atom. The Bertz CT molecular complexity index is 6630. The van der Waals surface area contributed by atoms with E-state index in [1.54, 1.807) is 137 Å². The molecule has 0 heterocycles. The average Bonchev–Trinajstić information content (AvgIpc) is 0.769. The molecule has 0 bridgehead atoms. The zero-order chi connectivity index (χ0) is 95.8. The second-order valence-corrected chi connectivity index (χ2v) is 43.2. The maximum Gasteiger partial charge on any atom is 0.300 e. The first kappa shape index (κ1) is 103. The van der Waals surface area contributed by atoms with E-state index in [0.717, 1.165) is 44.5 Å². The lowest BCUT2D eigenvalue weighted by Gasteiger charge is -2.15. The minimum atomic E-state index is -4.34. The summed E-state index contributed by atoms with van der Waals surface area (Å²) in [6, 6.07) is 66.9. The van der Waals surface area contributed by atoms with Gasteiger partial charge in [-0.25, -0.2) is 67.3 Å². The van der Waals surface area contributed by atoms with Gasteiger partial charge in [-0.05, 0) is 215 Å². The number of anilines is 10. The zero-order valence-electron chi connectivity index (χ0n) is 69.7. The number of nitro groups is 2. The van der Waals surface area contributed by atoms with E-state index >= 15 is 0 Å². The Labute approximate surface area is 746 Å². The molecule has 0 saturated heterocycles. The van der Waals surface area contributed by atoms with E-state index in [4.69, 9.17) is 48.9 Å². The first-order valence-electron chi connectivity index (χ1n) is 37.0. The number of nitro benzene ring substituents is 2. The Balaban J connectivity index is 0.000000248. The van der Waals surface area contributed by atoms with Gasteiger partial charge in [-0.2, -0.15) is 0 Å². The van der Waals surface area contributed by atoms with E-state index in [9.17, 15) is 87.6 Å². The molecule has 0 spiro atoms. The van der Waals surface area contributed by atoms with Gasteiger partial charge >= 0.3 is 0 Å². The highest BCUT2D eigenvalue weighted by molar-refractivity contribution is 8.13.